The van der Waals surface area contributed by atoms with Crippen molar-refractivity contribution in [3.8, 4) is 0 Å². The first-order valence-corrected chi connectivity index (χ1v) is 11.2. The molecule has 1 aliphatic heterocycles. The summed E-state index contributed by atoms with van der Waals surface area (Å²) in [6.45, 7) is 5.66. The van der Waals surface area contributed by atoms with Crippen LogP contribution in [0, 0.1) is 0 Å². The maximum atomic E-state index is 13.0. The summed E-state index contributed by atoms with van der Waals surface area (Å²) in [4.78, 5) is 53.8. The zero-order chi connectivity index (χ0) is 23.8. The van der Waals surface area contributed by atoms with Gasteiger partial charge in [-0.15, -0.1) is 0 Å². The molecule has 1 atom stereocenters. The topological polar surface area (TPSA) is 101 Å². The van der Waals surface area contributed by atoms with E-state index in [0.29, 0.717) is 45.8 Å². The Kier molecular flexibility index (Phi) is 8.23. The second-order valence-electron chi connectivity index (χ2n) is 7.79. The molecule has 33 heavy (non-hydrogen) atoms. The van der Waals surface area contributed by atoms with Crippen molar-refractivity contribution >= 4 is 17.9 Å². The van der Waals surface area contributed by atoms with Crippen molar-refractivity contribution in [3.63, 3.8) is 0 Å². The molecule has 176 valence electrons. The van der Waals surface area contributed by atoms with E-state index in [1.165, 1.54) is 10.6 Å². The van der Waals surface area contributed by atoms with E-state index in [4.69, 9.17) is 4.74 Å². The number of nitrogens with one attached hydrogen (secondary N) is 1. The zero-order valence-electron chi connectivity index (χ0n) is 19.0. The van der Waals surface area contributed by atoms with E-state index in [9.17, 15) is 19.2 Å². The zero-order valence-corrected chi connectivity index (χ0v) is 19.0. The van der Waals surface area contributed by atoms with Crippen LogP contribution in [0.5, 0.6) is 0 Å². The van der Waals surface area contributed by atoms with Crippen molar-refractivity contribution in [2.24, 2.45) is 0 Å². The molecule has 9 heteroatoms. The third-order valence-electron chi connectivity index (χ3n) is 5.59. The van der Waals surface area contributed by atoms with Gasteiger partial charge in [-0.25, -0.2) is 4.79 Å². The molecule has 0 aliphatic carbocycles. The highest BCUT2D eigenvalue weighted by molar-refractivity contribution is 5.97. The molecule has 2 aromatic rings. The van der Waals surface area contributed by atoms with Gasteiger partial charge in [-0.2, -0.15) is 0 Å². The van der Waals surface area contributed by atoms with Gasteiger partial charge in [0.05, 0.1) is 13.2 Å². The van der Waals surface area contributed by atoms with Crippen molar-refractivity contribution in [1.29, 1.82) is 0 Å². The minimum atomic E-state index is -0.756. The van der Waals surface area contributed by atoms with E-state index in [-0.39, 0.29) is 17.6 Å². The Balaban J connectivity index is 1.64. The quantitative estimate of drug-likeness (QED) is 0.686. The van der Waals surface area contributed by atoms with Gasteiger partial charge < -0.3 is 24.4 Å². The monoisotopic (exact) mass is 454 g/mol. The van der Waals surface area contributed by atoms with Gasteiger partial charge in [-0.05, 0) is 31.0 Å². The fraction of sp³-hybridized carbons (Fsp3) is 0.417. The molecule has 1 aliphatic rings. The predicted octanol–water partition coefficient (Wildman–Crippen LogP) is 1.71. The molecule has 0 bridgehead atoms. The molecular formula is C24H30N4O5. The Hall–Kier alpha value is -3.62. The first-order valence-electron chi connectivity index (χ1n) is 11.2. The number of carbonyl (C=O) groups is 3. The second kappa shape index (κ2) is 11.3. The summed E-state index contributed by atoms with van der Waals surface area (Å²) in [5.41, 5.74) is 0.525. The molecule has 1 fully saturated rings. The smallest absolute Gasteiger partial charge is 0.409 e. The molecule has 0 spiro atoms. The van der Waals surface area contributed by atoms with Crippen LogP contribution in [-0.2, 0) is 16.1 Å². The van der Waals surface area contributed by atoms with Crippen molar-refractivity contribution in [1.82, 2.24) is 19.7 Å². The van der Waals surface area contributed by atoms with Crippen LogP contribution in [0.1, 0.15) is 36.2 Å². The summed E-state index contributed by atoms with van der Waals surface area (Å²) >= 11 is 0. The minimum absolute atomic E-state index is 0.00758. The van der Waals surface area contributed by atoms with Crippen LogP contribution in [0.2, 0.25) is 0 Å². The number of piperazine rings is 1. The average Bonchev–Trinajstić information content (AvgIpc) is 2.84. The summed E-state index contributed by atoms with van der Waals surface area (Å²) in [6.07, 6.45) is 1.63. The number of ether oxygens (including phenoxy) is 1. The van der Waals surface area contributed by atoms with Crippen LogP contribution < -0.4 is 10.9 Å². The summed E-state index contributed by atoms with van der Waals surface area (Å²) in [6, 6.07) is 11.9. The van der Waals surface area contributed by atoms with Crippen LogP contribution in [0.15, 0.2) is 53.5 Å². The number of nitrogens with zero attached hydrogens (tertiary/aromatic N) is 3. The van der Waals surface area contributed by atoms with Crippen molar-refractivity contribution in [2.75, 3.05) is 32.8 Å². The third kappa shape index (κ3) is 6.00. The molecule has 0 unspecified atom stereocenters. The van der Waals surface area contributed by atoms with Gasteiger partial charge in [0.15, 0.2) is 0 Å². The van der Waals surface area contributed by atoms with Crippen molar-refractivity contribution in [2.45, 2.75) is 32.9 Å². The number of pyridine rings is 1. The van der Waals surface area contributed by atoms with E-state index in [2.05, 4.69) is 5.32 Å². The Bertz CT molecular complexity index is 1030. The number of hydrogen-bond acceptors (Lipinski definition) is 5. The number of carbonyl (C=O) groups excluding carboxylic acids is 3. The van der Waals surface area contributed by atoms with Crippen molar-refractivity contribution in [3.05, 3.63) is 70.1 Å². The highest BCUT2D eigenvalue weighted by Crippen LogP contribution is 2.08. The van der Waals surface area contributed by atoms with Gasteiger partial charge >= 0.3 is 6.09 Å². The lowest BCUT2D eigenvalue weighted by Crippen LogP contribution is -2.56. The SMILES string of the molecule is CCOC(=O)N1CCN(C(=O)[C@H](CC)NC(=O)c2cccn(Cc3ccccc3)c2=O)CC1. The van der Waals surface area contributed by atoms with Crippen LogP contribution >= 0.6 is 0 Å². The Labute approximate surface area is 192 Å². The normalized spacial score (nSPS) is 14.5. The molecule has 1 N–H and O–H groups in total. The molecule has 1 saturated heterocycles. The van der Waals surface area contributed by atoms with Crippen LogP contribution in [0.4, 0.5) is 4.79 Å². The Morgan fingerprint density at radius 3 is 2.27 bits per heavy atom. The van der Waals surface area contributed by atoms with Crippen LogP contribution in [-0.4, -0.2) is 71.1 Å². The first kappa shape index (κ1) is 24.0. The van der Waals surface area contributed by atoms with Crippen LogP contribution in [0.25, 0.3) is 0 Å². The first-order chi connectivity index (χ1) is 15.9. The van der Waals surface area contributed by atoms with Crippen LogP contribution in [0.3, 0.4) is 0 Å². The number of hydrogen-bond donors (Lipinski definition) is 1. The number of amides is 3. The number of aromatic nitrogens is 1. The summed E-state index contributed by atoms with van der Waals surface area (Å²) in [5.74, 6) is -0.803. The fourth-order valence-corrected chi connectivity index (χ4v) is 3.73. The highest BCUT2D eigenvalue weighted by Gasteiger charge is 2.30. The number of benzene rings is 1. The van der Waals surface area contributed by atoms with E-state index in [1.807, 2.05) is 30.3 Å². The fourth-order valence-electron chi connectivity index (χ4n) is 3.73. The third-order valence-corrected chi connectivity index (χ3v) is 5.59. The summed E-state index contributed by atoms with van der Waals surface area (Å²) in [5, 5.41) is 2.72. The maximum absolute atomic E-state index is 13.0. The average molecular weight is 455 g/mol. The van der Waals surface area contributed by atoms with Crippen molar-refractivity contribution < 1.29 is 19.1 Å². The van der Waals surface area contributed by atoms with Gasteiger partial charge in [-0.1, -0.05) is 37.3 Å². The molecule has 1 aromatic heterocycles. The minimum Gasteiger partial charge on any atom is -0.450 e. The standard InChI is InChI=1S/C24H30N4O5/c1-3-20(23(31)26-13-15-27(16-14-26)24(32)33-4-2)25-21(29)19-11-8-12-28(22(19)30)17-18-9-6-5-7-10-18/h5-12,20H,3-4,13-17H2,1-2H3,(H,25,29)/t20-/m0/s1. The highest BCUT2D eigenvalue weighted by atomic mass is 16.6. The molecule has 3 rings (SSSR count). The van der Waals surface area contributed by atoms with Gasteiger partial charge in [0.25, 0.3) is 11.5 Å². The van der Waals surface area contributed by atoms with Gasteiger partial charge in [0.2, 0.25) is 5.91 Å². The molecule has 0 radical (unpaired) electrons. The molecule has 9 nitrogen and oxygen atoms in total. The van der Waals surface area contributed by atoms with Gasteiger partial charge in [0.1, 0.15) is 11.6 Å². The van der Waals surface area contributed by atoms with E-state index in [0.717, 1.165) is 5.56 Å². The van der Waals surface area contributed by atoms with Gasteiger partial charge in [0, 0.05) is 32.4 Å². The predicted molar refractivity (Wildman–Crippen MR) is 123 cm³/mol. The molecule has 1 aromatic carbocycles. The molecule has 3 amide bonds. The summed E-state index contributed by atoms with van der Waals surface area (Å²) < 4.78 is 6.47. The van der Waals surface area contributed by atoms with E-state index in [1.54, 1.807) is 35.9 Å². The van der Waals surface area contributed by atoms with E-state index >= 15 is 0 Å². The molecule has 2 heterocycles. The lowest BCUT2D eigenvalue weighted by Gasteiger charge is -2.35. The number of rotatable bonds is 7. The maximum Gasteiger partial charge on any atom is 0.409 e. The largest absolute Gasteiger partial charge is 0.450 e. The molecule has 0 saturated carbocycles. The Morgan fingerprint density at radius 1 is 0.970 bits per heavy atom. The Morgan fingerprint density at radius 2 is 1.64 bits per heavy atom. The van der Waals surface area contributed by atoms with Gasteiger partial charge in [-0.3, -0.25) is 14.4 Å². The lowest BCUT2D eigenvalue weighted by molar-refractivity contribution is -0.134. The van der Waals surface area contributed by atoms with E-state index < -0.39 is 17.5 Å². The second-order valence-corrected chi connectivity index (χ2v) is 7.79. The summed E-state index contributed by atoms with van der Waals surface area (Å²) in [7, 11) is 0. The molecular weight excluding hydrogens is 424 g/mol. The lowest BCUT2D eigenvalue weighted by atomic mass is 10.1.